The molecule has 0 spiro atoms. The van der Waals surface area contributed by atoms with E-state index in [0.29, 0.717) is 0 Å². The Hall–Kier alpha value is -1.50. The van der Waals surface area contributed by atoms with Gasteiger partial charge in [-0.15, -0.1) is 0 Å². The van der Waals surface area contributed by atoms with Gasteiger partial charge in [-0.3, -0.25) is 0 Å². The second-order valence-corrected chi connectivity index (χ2v) is 3.38. The summed E-state index contributed by atoms with van der Waals surface area (Å²) in [7, 11) is 0. The van der Waals surface area contributed by atoms with Crippen molar-refractivity contribution in [2.24, 2.45) is 0 Å². The monoisotopic (exact) mass is 171 g/mol. The Labute approximate surface area is 78.6 Å². The van der Waals surface area contributed by atoms with Crippen LogP contribution < -0.4 is 0 Å². The summed E-state index contributed by atoms with van der Waals surface area (Å²) in [5.74, 6) is 0. The van der Waals surface area contributed by atoms with E-state index in [0.717, 1.165) is 0 Å². The topological polar surface area (TPSA) is 4.93 Å². The second kappa shape index (κ2) is 3.09. The molecule has 1 aromatic heterocycles. The fourth-order valence-electron chi connectivity index (χ4n) is 1.49. The Morgan fingerprint density at radius 1 is 1.00 bits per heavy atom. The number of hydrogen-bond donors (Lipinski definition) is 0. The summed E-state index contributed by atoms with van der Waals surface area (Å²) in [6, 6.07) is 10.6. The van der Waals surface area contributed by atoms with Gasteiger partial charge in [-0.2, -0.15) is 0 Å². The van der Waals surface area contributed by atoms with E-state index in [1.807, 2.05) is 12.1 Å². The molecule has 0 atom stereocenters. The van der Waals surface area contributed by atoms with Crippen LogP contribution >= 0.6 is 0 Å². The highest BCUT2D eigenvalue weighted by atomic mass is 14.9. The molecular weight excluding hydrogens is 158 g/mol. The maximum absolute atomic E-state index is 2.20. The number of nitrogens with zero attached hydrogens (tertiary/aromatic N) is 1. The number of aryl methyl sites for hydroxylation is 2. The second-order valence-electron chi connectivity index (χ2n) is 3.38. The predicted molar refractivity (Wildman–Crippen MR) is 55.2 cm³/mol. The molecule has 0 fully saturated rings. The first kappa shape index (κ1) is 8.11. The normalized spacial score (nSPS) is 10.3. The number of aromatic nitrogens is 1. The number of benzene rings is 1. The van der Waals surface area contributed by atoms with Gasteiger partial charge in [-0.1, -0.05) is 12.1 Å². The molecule has 2 aromatic rings. The van der Waals surface area contributed by atoms with Crippen molar-refractivity contribution in [3.8, 4) is 5.69 Å². The van der Waals surface area contributed by atoms with Crippen LogP contribution in [-0.4, -0.2) is 4.57 Å². The largest absolute Gasteiger partial charge is 0.324 e. The summed E-state index contributed by atoms with van der Waals surface area (Å²) in [4.78, 5) is 0. The molecule has 2 rings (SSSR count). The molecule has 0 saturated heterocycles. The van der Waals surface area contributed by atoms with E-state index in [4.69, 9.17) is 0 Å². The average molecular weight is 171 g/mol. The van der Waals surface area contributed by atoms with Crippen LogP contribution in [0.1, 0.15) is 11.1 Å². The first-order chi connectivity index (χ1) is 6.27. The molecule has 0 bridgehead atoms. The molecule has 1 aromatic carbocycles. The highest BCUT2D eigenvalue weighted by molar-refractivity contribution is 5.43. The van der Waals surface area contributed by atoms with Gasteiger partial charge in [0, 0.05) is 18.1 Å². The minimum Gasteiger partial charge on any atom is -0.324 e. The molecule has 0 amide bonds. The van der Waals surface area contributed by atoms with E-state index >= 15 is 0 Å². The van der Waals surface area contributed by atoms with E-state index in [1.165, 1.54) is 16.8 Å². The van der Waals surface area contributed by atoms with Crippen LogP contribution in [-0.2, 0) is 0 Å². The van der Waals surface area contributed by atoms with Crippen LogP contribution in [0.25, 0.3) is 5.69 Å². The summed E-state index contributed by atoms with van der Waals surface area (Å²) in [5.41, 5.74) is 3.88. The van der Waals surface area contributed by atoms with Crippen molar-refractivity contribution in [2.45, 2.75) is 13.8 Å². The fourth-order valence-corrected chi connectivity index (χ4v) is 1.49. The van der Waals surface area contributed by atoms with Crippen molar-refractivity contribution in [3.63, 3.8) is 0 Å². The average Bonchev–Trinajstić information content (AvgIpc) is 2.61. The van der Waals surface area contributed by atoms with Gasteiger partial charge in [0.05, 0.1) is 0 Å². The van der Waals surface area contributed by atoms with Gasteiger partial charge in [-0.05, 0) is 43.2 Å². The Bertz CT molecular complexity index is 399. The van der Waals surface area contributed by atoms with Gasteiger partial charge in [0.15, 0.2) is 0 Å². The molecule has 0 unspecified atom stereocenters. The van der Waals surface area contributed by atoms with Gasteiger partial charge in [0.2, 0.25) is 0 Å². The molecule has 0 radical (unpaired) electrons. The lowest BCUT2D eigenvalue weighted by molar-refractivity contribution is 1.06. The van der Waals surface area contributed by atoms with Crippen molar-refractivity contribution >= 4 is 0 Å². The van der Waals surface area contributed by atoms with Crippen molar-refractivity contribution in [3.05, 3.63) is 53.9 Å². The maximum Gasteiger partial charge on any atom is 0.0481 e. The summed E-state index contributed by atoms with van der Waals surface area (Å²) in [5, 5.41) is 0. The van der Waals surface area contributed by atoms with Crippen molar-refractivity contribution < 1.29 is 0 Å². The third-order valence-electron chi connectivity index (χ3n) is 2.25. The van der Waals surface area contributed by atoms with Gasteiger partial charge in [0.1, 0.15) is 0 Å². The summed E-state index contributed by atoms with van der Waals surface area (Å²) in [6.07, 6.45) is 4.14. The minimum absolute atomic E-state index is 1.27. The van der Waals surface area contributed by atoms with Crippen LogP contribution in [0.2, 0.25) is 0 Å². The highest BCUT2D eigenvalue weighted by Gasteiger charge is 1.98. The Kier molecular flexibility index (Phi) is 1.93. The van der Waals surface area contributed by atoms with Crippen LogP contribution in [0.4, 0.5) is 0 Å². The molecule has 0 saturated carbocycles. The van der Waals surface area contributed by atoms with Crippen molar-refractivity contribution in [1.82, 2.24) is 4.57 Å². The SMILES string of the molecule is Cc1ccc(C)c(-n2cccc2)c1. The molecule has 13 heavy (non-hydrogen) atoms. The standard InChI is InChI=1S/C12H13N/c1-10-5-6-11(2)12(9-10)13-7-3-4-8-13/h3-9H,1-2H3. The fraction of sp³-hybridized carbons (Fsp3) is 0.167. The van der Waals surface area contributed by atoms with E-state index in [1.54, 1.807) is 0 Å². The van der Waals surface area contributed by atoms with Gasteiger partial charge in [-0.25, -0.2) is 0 Å². The van der Waals surface area contributed by atoms with Crippen molar-refractivity contribution in [1.29, 1.82) is 0 Å². The highest BCUT2D eigenvalue weighted by Crippen LogP contribution is 2.15. The molecule has 0 aliphatic heterocycles. The molecule has 66 valence electrons. The van der Waals surface area contributed by atoms with E-state index in [9.17, 15) is 0 Å². The smallest absolute Gasteiger partial charge is 0.0481 e. The first-order valence-corrected chi connectivity index (χ1v) is 4.48. The maximum atomic E-state index is 2.20. The van der Waals surface area contributed by atoms with Gasteiger partial charge < -0.3 is 4.57 Å². The molecule has 0 N–H and O–H groups in total. The van der Waals surface area contributed by atoms with Crippen LogP contribution in [0.5, 0.6) is 0 Å². The van der Waals surface area contributed by atoms with E-state index in [-0.39, 0.29) is 0 Å². The lowest BCUT2D eigenvalue weighted by Crippen LogP contribution is -1.93. The molecular formula is C12H13N. The summed E-state index contributed by atoms with van der Waals surface area (Å²) >= 11 is 0. The van der Waals surface area contributed by atoms with E-state index in [2.05, 4.69) is 49.0 Å². The quantitative estimate of drug-likeness (QED) is 0.621. The lowest BCUT2D eigenvalue weighted by atomic mass is 10.1. The lowest BCUT2D eigenvalue weighted by Gasteiger charge is -2.07. The van der Waals surface area contributed by atoms with Crippen LogP contribution in [0.15, 0.2) is 42.7 Å². The minimum atomic E-state index is 1.27. The molecule has 1 heterocycles. The zero-order chi connectivity index (χ0) is 9.26. The van der Waals surface area contributed by atoms with Gasteiger partial charge in [0.25, 0.3) is 0 Å². The van der Waals surface area contributed by atoms with Crippen LogP contribution in [0, 0.1) is 13.8 Å². The molecule has 1 nitrogen and oxygen atoms in total. The third-order valence-corrected chi connectivity index (χ3v) is 2.25. The zero-order valence-corrected chi connectivity index (χ0v) is 7.99. The van der Waals surface area contributed by atoms with Gasteiger partial charge >= 0.3 is 0 Å². The predicted octanol–water partition coefficient (Wildman–Crippen LogP) is 3.09. The third kappa shape index (κ3) is 1.50. The van der Waals surface area contributed by atoms with Crippen LogP contribution in [0.3, 0.4) is 0 Å². The first-order valence-electron chi connectivity index (χ1n) is 4.48. The summed E-state index contributed by atoms with van der Waals surface area (Å²) < 4.78 is 2.14. The Balaban J connectivity index is 2.57. The molecule has 0 aliphatic rings. The Morgan fingerprint density at radius 2 is 1.69 bits per heavy atom. The Morgan fingerprint density at radius 3 is 2.38 bits per heavy atom. The summed E-state index contributed by atoms with van der Waals surface area (Å²) in [6.45, 7) is 4.25. The van der Waals surface area contributed by atoms with E-state index < -0.39 is 0 Å². The molecule has 1 heteroatoms. The van der Waals surface area contributed by atoms with Crippen molar-refractivity contribution in [2.75, 3.05) is 0 Å². The number of rotatable bonds is 1. The number of hydrogen-bond acceptors (Lipinski definition) is 0. The zero-order valence-electron chi connectivity index (χ0n) is 7.99. The molecule has 0 aliphatic carbocycles.